The van der Waals surface area contributed by atoms with E-state index in [1.165, 1.54) is 12.1 Å². The molecule has 0 aliphatic carbocycles. The highest BCUT2D eigenvalue weighted by atomic mass is 19.1. The first-order valence-electron chi connectivity index (χ1n) is 10.1. The fourth-order valence-electron chi connectivity index (χ4n) is 2.92. The van der Waals surface area contributed by atoms with E-state index in [-0.39, 0.29) is 5.82 Å². The summed E-state index contributed by atoms with van der Waals surface area (Å²) >= 11 is 0. The lowest BCUT2D eigenvalue weighted by atomic mass is 10.1. The van der Waals surface area contributed by atoms with Crippen molar-refractivity contribution in [1.29, 1.82) is 0 Å². The highest BCUT2D eigenvalue weighted by Gasteiger charge is 2.07. The Balaban J connectivity index is 1.78. The molecule has 0 saturated carbocycles. The maximum atomic E-state index is 13.0. The monoisotopic (exact) mass is 416 g/mol. The molecule has 0 aliphatic heterocycles. The van der Waals surface area contributed by atoms with Crippen molar-refractivity contribution in [2.75, 3.05) is 47.5 Å². The Hall–Kier alpha value is -2.64. The number of methoxy groups -OCH3 is 1. The number of likely N-dealkylation sites (N-methyl/N-ethyl adjacent to an activating group) is 1. The van der Waals surface area contributed by atoms with Crippen molar-refractivity contribution in [2.24, 2.45) is 4.99 Å². The van der Waals surface area contributed by atoms with Crippen molar-refractivity contribution in [1.82, 2.24) is 15.5 Å². The molecular weight excluding hydrogens is 383 g/mol. The predicted octanol–water partition coefficient (Wildman–Crippen LogP) is 2.96. The summed E-state index contributed by atoms with van der Waals surface area (Å²) in [7, 11) is 5.45. The van der Waals surface area contributed by atoms with Gasteiger partial charge in [-0.25, -0.2) is 4.39 Å². The number of guanidine groups is 1. The van der Waals surface area contributed by atoms with Crippen LogP contribution in [0.4, 0.5) is 4.39 Å². The van der Waals surface area contributed by atoms with E-state index in [4.69, 9.17) is 9.47 Å². The third-order valence-electron chi connectivity index (χ3n) is 4.59. The Labute approximate surface area is 179 Å². The average molecular weight is 417 g/mol. The molecule has 0 saturated heterocycles. The molecule has 7 heteroatoms. The van der Waals surface area contributed by atoms with Crippen LogP contribution in [0.1, 0.15) is 16.7 Å². The Morgan fingerprint density at radius 1 is 1.10 bits per heavy atom. The molecule has 2 rings (SSSR count). The van der Waals surface area contributed by atoms with Crippen molar-refractivity contribution in [3.05, 3.63) is 65.0 Å². The molecule has 2 aromatic carbocycles. The maximum absolute atomic E-state index is 13.0. The van der Waals surface area contributed by atoms with E-state index < -0.39 is 0 Å². The first-order chi connectivity index (χ1) is 14.5. The summed E-state index contributed by atoms with van der Waals surface area (Å²) in [5.74, 6) is 1.38. The molecule has 0 amide bonds. The minimum atomic E-state index is -0.209. The number of hydrogen-bond donors (Lipinski definition) is 2. The molecule has 0 radical (unpaired) electrons. The van der Waals surface area contributed by atoms with Crippen LogP contribution in [0, 0.1) is 12.7 Å². The SMILES string of the molecule is CN=C(NCCN(C)Cc1ccc(F)cc1)NCc1ccc(C)cc1OCCOC. The van der Waals surface area contributed by atoms with Crippen LogP contribution < -0.4 is 15.4 Å². The van der Waals surface area contributed by atoms with Crippen LogP contribution in [0.5, 0.6) is 5.75 Å². The first kappa shape index (κ1) is 23.6. The largest absolute Gasteiger partial charge is 0.491 e. The molecule has 30 heavy (non-hydrogen) atoms. The zero-order valence-corrected chi connectivity index (χ0v) is 18.4. The summed E-state index contributed by atoms with van der Waals surface area (Å²) in [6, 6.07) is 12.8. The van der Waals surface area contributed by atoms with E-state index >= 15 is 0 Å². The number of halogens is 1. The minimum Gasteiger partial charge on any atom is -0.491 e. The number of aryl methyl sites for hydroxylation is 1. The standard InChI is InChI=1S/C23H33FN4O2/c1-18-5-8-20(22(15-18)30-14-13-29-4)16-27-23(25-2)26-11-12-28(3)17-19-6-9-21(24)10-7-19/h5-10,15H,11-14,16-17H2,1-4H3,(H2,25,26,27). The molecule has 2 aromatic rings. The van der Waals surface area contributed by atoms with E-state index in [9.17, 15) is 4.39 Å². The lowest BCUT2D eigenvalue weighted by Gasteiger charge is -2.19. The van der Waals surface area contributed by atoms with Gasteiger partial charge in [0.2, 0.25) is 0 Å². The number of rotatable bonds is 11. The molecule has 0 unspecified atom stereocenters. The molecule has 0 spiro atoms. The van der Waals surface area contributed by atoms with E-state index in [0.29, 0.717) is 19.8 Å². The second-order valence-corrected chi connectivity index (χ2v) is 7.17. The molecule has 0 aliphatic rings. The zero-order valence-electron chi connectivity index (χ0n) is 18.4. The van der Waals surface area contributed by atoms with Crippen LogP contribution in [0.2, 0.25) is 0 Å². The molecule has 0 aromatic heterocycles. The summed E-state index contributed by atoms with van der Waals surface area (Å²) in [5.41, 5.74) is 3.30. The maximum Gasteiger partial charge on any atom is 0.191 e. The van der Waals surface area contributed by atoms with Gasteiger partial charge in [-0.05, 0) is 43.3 Å². The summed E-state index contributed by atoms with van der Waals surface area (Å²) in [5, 5.41) is 6.66. The first-order valence-corrected chi connectivity index (χ1v) is 10.1. The lowest BCUT2D eigenvalue weighted by molar-refractivity contribution is 0.145. The average Bonchev–Trinajstić information content (AvgIpc) is 2.73. The van der Waals surface area contributed by atoms with Crippen molar-refractivity contribution in [3.63, 3.8) is 0 Å². The number of benzene rings is 2. The number of aliphatic imine (C=N–C) groups is 1. The fraction of sp³-hybridized carbons (Fsp3) is 0.435. The Morgan fingerprint density at radius 3 is 2.57 bits per heavy atom. The Morgan fingerprint density at radius 2 is 1.87 bits per heavy atom. The van der Waals surface area contributed by atoms with E-state index in [0.717, 1.165) is 48.0 Å². The molecule has 164 valence electrons. The van der Waals surface area contributed by atoms with Crippen molar-refractivity contribution >= 4 is 5.96 Å². The Kier molecular flexibility index (Phi) is 10.1. The third kappa shape index (κ3) is 8.39. The molecule has 0 atom stereocenters. The molecule has 2 N–H and O–H groups in total. The normalized spacial score (nSPS) is 11.6. The van der Waals surface area contributed by atoms with Gasteiger partial charge in [-0.3, -0.25) is 4.99 Å². The van der Waals surface area contributed by atoms with Gasteiger partial charge in [-0.1, -0.05) is 24.3 Å². The molecule has 0 heterocycles. The molecule has 6 nitrogen and oxygen atoms in total. The quantitative estimate of drug-likeness (QED) is 0.335. The van der Waals surface area contributed by atoms with E-state index in [1.807, 2.05) is 32.2 Å². The number of ether oxygens (including phenoxy) is 2. The third-order valence-corrected chi connectivity index (χ3v) is 4.59. The second kappa shape index (κ2) is 12.8. The van der Waals surface area contributed by atoms with Crippen LogP contribution in [0.25, 0.3) is 0 Å². The van der Waals surface area contributed by atoms with Crippen molar-refractivity contribution in [3.8, 4) is 5.75 Å². The Bertz CT molecular complexity index is 796. The van der Waals surface area contributed by atoms with Gasteiger partial charge in [0.25, 0.3) is 0 Å². The highest BCUT2D eigenvalue weighted by Crippen LogP contribution is 2.20. The van der Waals surface area contributed by atoms with Crippen LogP contribution in [-0.4, -0.2) is 58.4 Å². The van der Waals surface area contributed by atoms with Gasteiger partial charge in [-0.15, -0.1) is 0 Å². The van der Waals surface area contributed by atoms with Gasteiger partial charge in [0.1, 0.15) is 18.2 Å². The van der Waals surface area contributed by atoms with Crippen LogP contribution in [0.15, 0.2) is 47.5 Å². The minimum absolute atomic E-state index is 0.209. The summed E-state index contributed by atoms with van der Waals surface area (Å²) in [4.78, 5) is 6.47. The summed E-state index contributed by atoms with van der Waals surface area (Å²) < 4.78 is 23.9. The van der Waals surface area contributed by atoms with Crippen molar-refractivity contribution < 1.29 is 13.9 Å². The van der Waals surface area contributed by atoms with Gasteiger partial charge in [0.05, 0.1) is 6.61 Å². The summed E-state index contributed by atoms with van der Waals surface area (Å²) in [6.07, 6.45) is 0. The lowest BCUT2D eigenvalue weighted by Crippen LogP contribution is -2.40. The van der Waals surface area contributed by atoms with Crippen molar-refractivity contribution in [2.45, 2.75) is 20.0 Å². The van der Waals surface area contributed by atoms with Gasteiger partial charge in [0.15, 0.2) is 5.96 Å². The second-order valence-electron chi connectivity index (χ2n) is 7.17. The van der Waals surface area contributed by atoms with Crippen LogP contribution in [-0.2, 0) is 17.8 Å². The topological polar surface area (TPSA) is 58.1 Å². The van der Waals surface area contributed by atoms with Crippen LogP contribution in [0.3, 0.4) is 0 Å². The highest BCUT2D eigenvalue weighted by molar-refractivity contribution is 5.79. The van der Waals surface area contributed by atoms with Crippen LogP contribution >= 0.6 is 0 Å². The summed E-state index contributed by atoms with van der Waals surface area (Å²) in [6.45, 7) is 6.04. The number of nitrogens with one attached hydrogen (secondary N) is 2. The predicted molar refractivity (Wildman–Crippen MR) is 119 cm³/mol. The molecule has 0 fully saturated rings. The fourth-order valence-corrected chi connectivity index (χ4v) is 2.92. The van der Waals surface area contributed by atoms with E-state index in [1.54, 1.807) is 14.2 Å². The number of nitrogens with zero attached hydrogens (tertiary/aromatic N) is 2. The smallest absolute Gasteiger partial charge is 0.191 e. The number of hydrogen-bond acceptors (Lipinski definition) is 4. The van der Waals surface area contributed by atoms with E-state index in [2.05, 4.69) is 32.7 Å². The van der Waals surface area contributed by atoms with Gasteiger partial charge >= 0.3 is 0 Å². The molecular formula is C23H33FN4O2. The molecule has 0 bridgehead atoms. The zero-order chi connectivity index (χ0) is 21.8. The van der Waals surface area contributed by atoms with Gasteiger partial charge < -0.3 is 25.0 Å². The van der Waals surface area contributed by atoms with Gasteiger partial charge in [0, 0.05) is 45.9 Å². The van der Waals surface area contributed by atoms with Gasteiger partial charge in [-0.2, -0.15) is 0 Å².